The van der Waals surface area contributed by atoms with Crippen molar-refractivity contribution in [1.29, 1.82) is 5.26 Å². The summed E-state index contributed by atoms with van der Waals surface area (Å²) in [5.41, 5.74) is 3.07. The van der Waals surface area contributed by atoms with Gasteiger partial charge in [-0.2, -0.15) is 5.26 Å². The molecule has 0 unspecified atom stereocenters. The molecule has 0 atom stereocenters. The van der Waals surface area contributed by atoms with Crippen molar-refractivity contribution in [1.82, 2.24) is 4.57 Å². The van der Waals surface area contributed by atoms with Crippen molar-refractivity contribution < 1.29 is 4.79 Å². The van der Waals surface area contributed by atoms with E-state index in [-0.39, 0.29) is 12.2 Å². The first kappa shape index (κ1) is 16.0. The van der Waals surface area contributed by atoms with Crippen LogP contribution in [0.25, 0.3) is 0 Å². The highest BCUT2D eigenvalue weighted by Crippen LogP contribution is 2.18. The average molecular weight is 335 g/mol. The van der Waals surface area contributed by atoms with Gasteiger partial charge in [0.2, 0.25) is 5.78 Å². The van der Waals surface area contributed by atoms with Crippen LogP contribution in [0.15, 0.2) is 66.7 Å². The Bertz CT molecular complexity index is 890. The molecule has 118 valence electrons. The molecule has 1 aromatic heterocycles. The summed E-state index contributed by atoms with van der Waals surface area (Å²) in [7, 11) is 0. The zero-order valence-electron chi connectivity index (χ0n) is 12.9. The number of ketones is 1. The fourth-order valence-electron chi connectivity index (χ4n) is 2.65. The minimum absolute atomic E-state index is 0.0770. The predicted molar refractivity (Wildman–Crippen MR) is 94.2 cm³/mol. The molecule has 0 amide bonds. The van der Waals surface area contributed by atoms with E-state index >= 15 is 0 Å². The Balaban J connectivity index is 2.00. The number of nitrogens with zero attached hydrogens (tertiary/aromatic N) is 2. The van der Waals surface area contributed by atoms with Crippen LogP contribution >= 0.6 is 11.6 Å². The molecule has 0 aliphatic heterocycles. The number of hydrogen-bond acceptors (Lipinski definition) is 2. The van der Waals surface area contributed by atoms with Crippen molar-refractivity contribution in [3.05, 3.63) is 94.3 Å². The van der Waals surface area contributed by atoms with Gasteiger partial charge in [0.05, 0.1) is 18.2 Å². The molecule has 0 radical (unpaired) electrons. The monoisotopic (exact) mass is 334 g/mol. The lowest BCUT2D eigenvalue weighted by atomic mass is 10.1. The molecule has 2 aromatic carbocycles. The van der Waals surface area contributed by atoms with E-state index in [1.807, 2.05) is 41.0 Å². The first-order chi connectivity index (χ1) is 11.7. The van der Waals surface area contributed by atoms with Crippen LogP contribution in [0.4, 0.5) is 0 Å². The van der Waals surface area contributed by atoms with Gasteiger partial charge in [0.25, 0.3) is 0 Å². The lowest BCUT2D eigenvalue weighted by molar-refractivity contribution is 0.103. The summed E-state index contributed by atoms with van der Waals surface area (Å²) in [5, 5.41) is 9.64. The van der Waals surface area contributed by atoms with E-state index in [9.17, 15) is 4.79 Å². The van der Waals surface area contributed by atoms with Crippen molar-refractivity contribution in [2.24, 2.45) is 0 Å². The van der Waals surface area contributed by atoms with E-state index in [4.69, 9.17) is 16.9 Å². The molecular weight excluding hydrogens is 320 g/mol. The van der Waals surface area contributed by atoms with Crippen molar-refractivity contribution in [3.8, 4) is 6.07 Å². The molecule has 1 heterocycles. The molecule has 0 aliphatic carbocycles. The molecule has 0 spiro atoms. The average Bonchev–Trinajstić information content (AvgIpc) is 2.99. The summed E-state index contributed by atoms with van der Waals surface area (Å²) in [6, 6.07) is 22.5. The summed E-state index contributed by atoms with van der Waals surface area (Å²) in [6.45, 7) is 0.555. The molecule has 0 fully saturated rings. The quantitative estimate of drug-likeness (QED) is 0.645. The largest absolute Gasteiger partial charge is 0.336 e. The van der Waals surface area contributed by atoms with Crippen molar-refractivity contribution in [2.75, 3.05) is 0 Å². The number of carbonyl (C=O) groups is 1. The standard InChI is InChI=1S/C20H15ClN2O/c21-17-8-6-16(7-9-17)20(24)19-11-10-18(12-13-22)23(19)14-15-4-2-1-3-5-15/h1-11H,12,14H2. The van der Waals surface area contributed by atoms with Gasteiger partial charge in [0.15, 0.2) is 0 Å². The Hall–Kier alpha value is -2.83. The maximum absolute atomic E-state index is 12.8. The fraction of sp³-hybridized carbons (Fsp3) is 0.100. The molecule has 4 heteroatoms. The van der Waals surface area contributed by atoms with E-state index in [1.165, 1.54) is 0 Å². The molecule has 0 bridgehead atoms. The Labute approximate surface area is 145 Å². The summed E-state index contributed by atoms with van der Waals surface area (Å²) >= 11 is 5.89. The van der Waals surface area contributed by atoms with Gasteiger partial charge in [-0.1, -0.05) is 41.9 Å². The zero-order valence-corrected chi connectivity index (χ0v) is 13.7. The van der Waals surface area contributed by atoms with Gasteiger partial charge in [-0.15, -0.1) is 0 Å². The maximum Gasteiger partial charge on any atom is 0.209 e. The summed E-state index contributed by atoms with van der Waals surface area (Å²) in [4.78, 5) is 12.8. The molecule has 0 N–H and O–H groups in total. The van der Waals surface area contributed by atoms with Gasteiger partial charge in [-0.05, 0) is 42.0 Å². The minimum Gasteiger partial charge on any atom is -0.336 e. The second-order valence-corrected chi connectivity index (χ2v) is 5.89. The van der Waals surface area contributed by atoms with Crippen molar-refractivity contribution in [3.63, 3.8) is 0 Å². The van der Waals surface area contributed by atoms with Crippen LogP contribution in [0.3, 0.4) is 0 Å². The van der Waals surface area contributed by atoms with Crippen molar-refractivity contribution in [2.45, 2.75) is 13.0 Å². The van der Waals surface area contributed by atoms with Gasteiger partial charge >= 0.3 is 0 Å². The highest BCUT2D eigenvalue weighted by atomic mass is 35.5. The number of aromatic nitrogens is 1. The number of halogens is 1. The Morgan fingerprint density at radius 2 is 1.71 bits per heavy atom. The van der Waals surface area contributed by atoms with Crippen LogP contribution in [0, 0.1) is 11.3 Å². The van der Waals surface area contributed by atoms with E-state index in [0.717, 1.165) is 11.3 Å². The Morgan fingerprint density at radius 1 is 1.00 bits per heavy atom. The van der Waals surface area contributed by atoms with Crippen LogP contribution < -0.4 is 0 Å². The van der Waals surface area contributed by atoms with Crippen LogP contribution in [0.2, 0.25) is 5.02 Å². The van der Waals surface area contributed by atoms with Crippen LogP contribution in [-0.4, -0.2) is 10.4 Å². The van der Waals surface area contributed by atoms with Crippen LogP contribution in [-0.2, 0) is 13.0 Å². The third-order valence-electron chi connectivity index (χ3n) is 3.85. The maximum atomic E-state index is 12.8. The fourth-order valence-corrected chi connectivity index (χ4v) is 2.77. The Morgan fingerprint density at radius 3 is 2.38 bits per heavy atom. The summed E-state index contributed by atoms with van der Waals surface area (Å²) in [5.74, 6) is -0.0770. The van der Waals surface area contributed by atoms with Gasteiger partial charge in [0, 0.05) is 22.8 Å². The normalized spacial score (nSPS) is 10.3. The van der Waals surface area contributed by atoms with Crippen LogP contribution in [0.1, 0.15) is 27.3 Å². The second kappa shape index (κ2) is 7.16. The third-order valence-corrected chi connectivity index (χ3v) is 4.11. The van der Waals surface area contributed by atoms with Gasteiger partial charge in [0.1, 0.15) is 0 Å². The van der Waals surface area contributed by atoms with Crippen molar-refractivity contribution >= 4 is 17.4 Å². The Kier molecular flexibility index (Phi) is 4.79. The van der Waals surface area contributed by atoms with Gasteiger partial charge in [-0.3, -0.25) is 4.79 Å². The number of benzene rings is 2. The lowest BCUT2D eigenvalue weighted by Gasteiger charge is -2.12. The van der Waals surface area contributed by atoms with Gasteiger partial charge in [-0.25, -0.2) is 0 Å². The minimum atomic E-state index is -0.0770. The molecule has 0 saturated carbocycles. The van der Waals surface area contributed by atoms with E-state index in [1.54, 1.807) is 30.3 Å². The highest BCUT2D eigenvalue weighted by molar-refractivity contribution is 6.30. The number of carbonyl (C=O) groups excluding carboxylic acids is 1. The van der Waals surface area contributed by atoms with Gasteiger partial charge < -0.3 is 4.57 Å². The van der Waals surface area contributed by atoms with E-state index in [2.05, 4.69) is 6.07 Å². The van der Waals surface area contributed by atoms with E-state index < -0.39 is 0 Å². The third kappa shape index (κ3) is 3.40. The first-order valence-corrected chi connectivity index (χ1v) is 7.96. The second-order valence-electron chi connectivity index (χ2n) is 5.45. The number of hydrogen-bond donors (Lipinski definition) is 0. The smallest absolute Gasteiger partial charge is 0.209 e. The number of nitriles is 1. The molecule has 3 nitrogen and oxygen atoms in total. The molecule has 3 aromatic rings. The summed E-state index contributed by atoms with van der Waals surface area (Å²) in [6.07, 6.45) is 0.265. The van der Waals surface area contributed by atoms with E-state index in [0.29, 0.717) is 22.8 Å². The highest BCUT2D eigenvalue weighted by Gasteiger charge is 2.17. The molecule has 3 rings (SSSR count). The predicted octanol–water partition coefficient (Wildman–Crippen LogP) is 4.49. The SMILES string of the molecule is N#CCc1ccc(C(=O)c2ccc(Cl)cc2)n1Cc1ccccc1. The molecule has 24 heavy (non-hydrogen) atoms. The topological polar surface area (TPSA) is 45.8 Å². The van der Waals surface area contributed by atoms with Crippen LogP contribution in [0.5, 0.6) is 0 Å². The zero-order chi connectivity index (χ0) is 16.9. The first-order valence-electron chi connectivity index (χ1n) is 7.58. The molecule has 0 aliphatic rings. The number of rotatable bonds is 5. The summed E-state index contributed by atoms with van der Waals surface area (Å²) < 4.78 is 1.91. The molecule has 0 saturated heterocycles. The lowest BCUT2D eigenvalue weighted by Crippen LogP contribution is -2.13. The molecular formula is C20H15ClN2O.